The molecule has 2 aromatic rings. The third kappa shape index (κ3) is 2.28. The van der Waals surface area contributed by atoms with Crippen LogP contribution in [0, 0.1) is 4.77 Å². The molecule has 3 nitrogen and oxygen atoms in total. The Balaban J connectivity index is 2.46. The van der Waals surface area contributed by atoms with Crippen molar-refractivity contribution in [3.63, 3.8) is 0 Å². The Morgan fingerprint density at radius 3 is 2.56 bits per heavy atom. The maximum Gasteiger partial charge on any atom is 0.199 e. The van der Waals surface area contributed by atoms with Crippen LogP contribution < -0.4 is 5.73 Å². The number of hydrogen-bond acceptors (Lipinski definition) is 3. The second-order valence-electron chi connectivity index (χ2n) is 3.58. The first-order valence-electron chi connectivity index (χ1n) is 5.15. The highest BCUT2D eigenvalue weighted by atomic mass is 32.1. The third-order valence-corrected chi connectivity index (χ3v) is 2.63. The number of aromatic amines is 1. The Kier molecular flexibility index (Phi) is 3.01. The summed E-state index contributed by atoms with van der Waals surface area (Å²) < 4.78 is 0.412. The van der Waals surface area contributed by atoms with Crippen LogP contribution in [0.3, 0.4) is 0 Å². The summed E-state index contributed by atoms with van der Waals surface area (Å²) in [5, 5.41) is 0. The first kappa shape index (κ1) is 10.8. The van der Waals surface area contributed by atoms with Gasteiger partial charge in [0.15, 0.2) is 4.77 Å². The van der Waals surface area contributed by atoms with Gasteiger partial charge in [-0.3, -0.25) is 0 Å². The lowest BCUT2D eigenvalue weighted by molar-refractivity contribution is 1.13. The van der Waals surface area contributed by atoms with Gasteiger partial charge in [-0.1, -0.05) is 31.2 Å². The molecule has 1 aromatic carbocycles. The average Bonchev–Trinajstić information content (AvgIpc) is 2.28. The highest BCUT2D eigenvalue weighted by Gasteiger charge is 1.99. The van der Waals surface area contributed by atoms with E-state index in [0.717, 1.165) is 17.7 Å². The van der Waals surface area contributed by atoms with E-state index in [0.29, 0.717) is 10.6 Å². The van der Waals surface area contributed by atoms with E-state index in [-0.39, 0.29) is 0 Å². The van der Waals surface area contributed by atoms with E-state index in [1.807, 2.05) is 0 Å². The summed E-state index contributed by atoms with van der Waals surface area (Å²) in [4.78, 5) is 6.96. The summed E-state index contributed by atoms with van der Waals surface area (Å²) in [5.41, 5.74) is 8.93. The molecule has 0 spiro atoms. The summed E-state index contributed by atoms with van der Waals surface area (Å²) >= 11 is 4.99. The molecule has 4 heteroatoms. The number of aromatic nitrogens is 2. The number of hydrogen-bond donors (Lipinski definition) is 2. The molecule has 2 rings (SSSR count). The molecule has 1 heterocycles. The quantitative estimate of drug-likeness (QED) is 0.781. The van der Waals surface area contributed by atoms with Gasteiger partial charge >= 0.3 is 0 Å². The third-order valence-electron chi connectivity index (χ3n) is 2.44. The van der Waals surface area contributed by atoms with Gasteiger partial charge in [-0.2, -0.15) is 0 Å². The molecule has 0 fully saturated rings. The zero-order valence-corrected chi connectivity index (χ0v) is 9.84. The van der Waals surface area contributed by atoms with Crippen LogP contribution in [0.25, 0.3) is 11.3 Å². The van der Waals surface area contributed by atoms with Gasteiger partial charge in [-0.05, 0) is 29.8 Å². The lowest BCUT2D eigenvalue weighted by Crippen LogP contribution is -1.94. The molecule has 0 unspecified atom stereocenters. The topological polar surface area (TPSA) is 54.7 Å². The van der Waals surface area contributed by atoms with E-state index in [4.69, 9.17) is 18.0 Å². The highest BCUT2D eigenvalue weighted by Crippen LogP contribution is 2.18. The maximum absolute atomic E-state index is 5.66. The molecule has 82 valence electrons. The number of nitrogens with one attached hydrogen (secondary N) is 1. The summed E-state index contributed by atoms with van der Waals surface area (Å²) in [6.07, 6.45) is 1.04. The monoisotopic (exact) mass is 231 g/mol. The summed E-state index contributed by atoms with van der Waals surface area (Å²) in [6.45, 7) is 2.13. The van der Waals surface area contributed by atoms with Crippen LogP contribution in [0.4, 0.5) is 5.82 Å². The fourth-order valence-electron chi connectivity index (χ4n) is 1.55. The minimum absolute atomic E-state index is 0.412. The number of benzene rings is 1. The summed E-state index contributed by atoms with van der Waals surface area (Å²) in [5.74, 6) is 0.443. The van der Waals surface area contributed by atoms with Crippen molar-refractivity contribution in [3.8, 4) is 11.3 Å². The van der Waals surface area contributed by atoms with Crippen molar-refractivity contribution in [2.45, 2.75) is 13.3 Å². The molecular weight excluding hydrogens is 218 g/mol. The molecule has 0 saturated heterocycles. The molecule has 0 saturated carbocycles. The number of nitrogens with two attached hydrogens (primary N) is 1. The number of nitrogens with zero attached hydrogens (tertiary/aromatic N) is 1. The van der Waals surface area contributed by atoms with Crippen LogP contribution in [0.2, 0.25) is 0 Å². The van der Waals surface area contributed by atoms with Gasteiger partial charge < -0.3 is 10.7 Å². The smallest absolute Gasteiger partial charge is 0.199 e. The molecule has 0 radical (unpaired) electrons. The fraction of sp³-hybridized carbons (Fsp3) is 0.167. The van der Waals surface area contributed by atoms with Gasteiger partial charge in [0, 0.05) is 6.07 Å². The second kappa shape index (κ2) is 4.45. The van der Waals surface area contributed by atoms with Crippen molar-refractivity contribution < 1.29 is 0 Å². The Morgan fingerprint density at radius 1 is 1.31 bits per heavy atom. The van der Waals surface area contributed by atoms with E-state index in [9.17, 15) is 0 Å². The zero-order chi connectivity index (χ0) is 11.5. The molecule has 3 N–H and O–H groups in total. The van der Waals surface area contributed by atoms with E-state index in [1.165, 1.54) is 5.56 Å². The van der Waals surface area contributed by atoms with Crippen molar-refractivity contribution in [1.29, 1.82) is 0 Å². The molecule has 0 amide bonds. The van der Waals surface area contributed by atoms with E-state index < -0.39 is 0 Å². The molecule has 16 heavy (non-hydrogen) atoms. The predicted molar refractivity (Wildman–Crippen MR) is 68.6 cm³/mol. The van der Waals surface area contributed by atoms with Gasteiger partial charge in [0.2, 0.25) is 0 Å². The number of anilines is 1. The minimum Gasteiger partial charge on any atom is -0.384 e. The van der Waals surface area contributed by atoms with Crippen molar-refractivity contribution in [2.75, 3.05) is 5.73 Å². The van der Waals surface area contributed by atoms with Gasteiger partial charge in [0.1, 0.15) is 5.82 Å². The standard InChI is InChI=1S/C12H13N3S/c1-2-8-3-5-9(6-4-8)10-7-11(13)15-12(16)14-10/h3-7H,2H2,1H3,(H3,13,14,15,16). The molecule has 1 aromatic heterocycles. The van der Waals surface area contributed by atoms with Crippen LogP contribution >= 0.6 is 12.2 Å². The molecule has 0 aliphatic rings. The van der Waals surface area contributed by atoms with Crippen molar-refractivity contribution in [1.82, 2.24) is 9.97 Å². The lowest BCUT2D eigenvalue weighted by atomic mass is 10.1. The SMILES string of the molecule is CCc1ccc(-c2cc(N)nc(=S)[nH]2)cc1. The Labute approximate surface area is 99.4 Å². The Morgan fingerprint density at radius 2 is 2.00 bits per heavy atom. The fourth-order valence-corrected chi connectivity index (χ4v) is 1.77. The normalized spacial score (nSPS) is 10.3. The first-order chi connectivity index (χ1) is 7.69. The zero-order valence-electron chi connectivity index (χ0n) is 9.03. The predicted octanol–water partition coefficient (Wildman–Crippen LogP) is 2.95. The van der Waals surface area contributed by atoms with Gasteiger partial charge in [0.25, 0.3) is 0 Å². The number of nitrogen functional groups attached to an aromatic ring is 1. The number of aryl methyl sites for hydroxylation is 1. The van der Waals surface area contributed by atoms with Crippen LogP contribution in [0.5, 0.6) is 0 Å². The van der Waals surface area contributed by atoms with E-state index >= 15 is 0 Å². The minimum atomic E-state index is 0.412. The van der Waals surface area contributed by atoms with Crippen LogP contribution in [0.1, 0.15) is 12.5 Å². The first-order valence-corrected chi connectivity index (χ1v) is 5.56. The number of H-pyrrole nitrogens is 1. The molecule has 0 atom stereocenters. The molecular formula is C12H13N3S. The summed E-state index contributed by atoms with van der Waals surface area (Å²) in [6, 6.07) is 10.1. The molecule has 0 aliphatic heterocycles. The Hall–Kier alpha value is -1.68. The maximum atomic E-state index is 5.66. The number of rotatable bonds is 2. The molecule has 0 bridgehead atoms. The van der Waals surface area contributed by atoms with Crippen molar-refractivity contribution in [3.05, 3.63) is 40.7 Å². The van der Waals surface area contributed by atoms with E-state index in [1.54, 1.807) is 6.07 Å². The molecule has 0 aliphatic carbocycles. The van der Waals surface area contributed by atoms with Gasteiger partial charge in [-0.15, -0.1) is 0 Å². The van der Waals surface area contributed by atoms with Crippen LogP contribution in [-0.4, -0.2) is 9.97 Å². The van der Waals surface area contributed by atoms with Crippen molar-refractivity contribution in [2.24, 2.45) is 0 Å². The van der Waals surface area contributed by atoms with Crippen LogP contribution in [-0.2, 0) is 6.42 Å². The van der Waals surface area contributed by atoms with Crippen LogP contribution in [0.15, 0.2) is 30.3 Å². The van der Waals surface area contributed by atoms with Gasteiger partial charge in [0.05, 0.1) is 5.69 Å². The Bertz CT molecular complexity index is 543. The van der Waals surface area contributed by atoms with Crippen molar-refractivity contribution >= 4 is 18.0 Å². The average molecular weight is 231 g/mol. The van der Waals surface area contributed by atoms with E-state index in [2.05, 4.69) is 41.2 Å². The summed E-state index contributed by atoms with van der Waals surface area (Å²) in [7, 11) is 0. The highest BCUT2D eigenvalue weighted by molar-refractivity contribution is 7.71. The second-order valence-corrected chi connectivity index (χ2v) is 3.96. The van der Waals surface area contributed by atoms with Gasteiger partial charge in [-0.25, -0.2) is 4.98 Å². The lowest BCUT2D eigenvalue weighted by Gasteiger charge is -2.04. The largest absolute Gasteiger partial charge is 0.384 e.